The lowest BCUT2D eigenvalue weighted by Crippen LogP contribution is -2.34. The molecule has 1 heterocycles. The minimum atomic E-state index is -0.312. The van der Waals surface area contributed by atoms with Gasteiger partial charge in [-0.2, -0.15) is 0 Å². The first-order chi connectivity index (χ1) is 7.20. The lowest BCUT2D eigenvalue weighted by atomic mass is 9.98. The van der Waals surface area contributed by atoms with E-state index in [1.165, 1.54) is 19.2 Å². The van der Waals surface area contributed by atoms with Crippen LogP contribution in [-0.4, -0.2) is 19.1 Å². The number of ether oxygens (including phenoxy) is 1. The largest absolute Gasteiger partial charge is 0.467 e. The Bertz CT molecular complexity index is 392. The third-order valence-electron chi connectivity index (χ3n) is 2.59. The van der Waals surface area contributed by atoms with Gasteiger partial charge in [-0.1, -0.05) is 0 Å². The Morgan fingerprint density at radius 2 is 2.40 bits per heavy atom. The highest BCUT2D eigenvalue weighted by atomic mass is 19.1. The van der Waals surface area contributed by atoms with E-state index in [9.17, 15) is 9.18 Å². The number of anilines is 1. The second-order valence-corrected chi connectivity index (χ2v) is 3.56. The van der Waals surface area contributed by atoms with Crippen molar-refractivity contribution in [1.82, 2.24) is 0 Å². The van der Waals surface area contributed by atoms with E-state index in [0.717, 1.165) is 11.3 Å². The molecule has 2 rings (SSSR count). The summed E-state index contributed by atoms with van der Waals surface area (Å²) >= 11 is 0. The number of carbonyl (C=O) groups excluding carboxylic acids is 1. The lowest BCUT2D eigenvalue weighted by Gasteiger charge is -2.24. The van der Waals surface area contributed by atoms with Gasteiger partial charge >= 0.3 is 5.97 Å². The normalized spacial score (nSPS) is 18.9. The van der Waals surface area contributed by atoms with Crippen molar-refractivity contribution in [2.75, 3.05) is 12.4 Å². The van der Waals surface area contributed by atoms with Crippen LogP contribution in [0.3, 0.4) is 0 Å². The molecule has 0 amide bonds. The summed E-state index contributed by atoms with van der Waals surface area (Å²) in [4.78, 5) is 11.3. The number of hydrogen-bond donors (Lipinski definition) is 1. The molecule has 0 spiro atoms. The van der Waals surface area contributed by atoms with E-state index in [-0.39, 0.29) is 17.8 Å². The number of aryl methyl sites for hydroxylation is 1. The van der Waals surface area contributed by atoms with Crippen LogP contribution in [-0.2, 0) is 16.0 Å². The van der Waals surface area contributed by atoms with E-state index in [4.69, 9.17) is 0 Å². The van der Waals surface area contributed by atoms with Crippen molar-refractivity contribution in [2.45, 2.75) is 18.9 Å². The van der Waals surface area contributed by atoms with Crippen LogP contribution in [0.15, 0.2) is 18.2 Å². The summed E-state index contributed by atoms with van der Waals surface area (Å²) in [5.74, 6) is -0.517. The number of nitrogens with one attached hydrogen (secondary N) is 1. The van der Waals surface area contributed by atoms with Gasteiger partial charge in [-0.3, -0.25) is 0 Å². The number of fused-ring (bicyclic) bond motifs is 1. The summed E-state index contributed by atoms with van der Waals surface area (Å²) < 4.78 is 17.6. The van der Waals surface area contributed by atoms with Crippen LogP contribution in [0.5, 0.6) is 0 Å². The van der Waals surface area contributed by atoms with Gasteiger partial charge < -0.3 is 10.1 Å². The van der Waals surface area contributed by atoms with Crippen LogP contribution < -0.4 is 5.32 Å². The maximum atomic E-state index is 12.9. The van der Waals surface area contributed by atoms with Crippen molar-refractivity contribution in [3.05, 3.63) is 29.6 Å². The van der Waals surface area contributed by atoms with Gasteiger partial charge in [0.25, 0.3) is 0 Å². The Morgan fingerprint density at radius 1 is 1.60 bits per heavy atom. The predicted octanol–water partition coefficient (Wildman–Crippen LogP) is 1.73. The van der Waals surface area contributed by atoms with Gasteiger partial charge in [-0.15, -0.1) is 0 Å². The first-order valence-corrected chi connectivity index (χ1v) is 4.83. The third-order valence-corrected chi connectivity index (χ3v) is 2.59. The fraction of sp³-hybridized carbons (Fsp3) is 0.364. The van der Waals surface area contributed by atoms with Crippen LogP contribution in [0.4, 0.5) is 10.1 Å². The maximum Gasteiger partial charge on any atom is 0.328 e. The van der Waals surface area contributed by atoms with Crippen molar-refractivity contribution in [3.63, 3.8) is 0 Å². The summed E-state index contributed by atoms with van der Waals surface area (Å²) in [6, 6.07) is 4.22. The smallest absolute Gasteiger partial charge is 0.328 e. The molecule has 1 unspecified atom stereocenters. The summed E-state index contributed by atoms with van der Waals surface area (Å²) in [6.45, 7) is 0. The van der Waals surface area contributed by atoms with E-state index in [1.807, 2.05) is 0 Å². The van der Waals surface area contributed by atoms with Crippen LogP contribution in [0.2, 0.25) is 0 Å². The maximum absolute atomic E-state index is 12.9. The Labute approximate surface area is 87.2 Å². The highest BCUT2D eigenvalue weighted by molar-refractivity contribution is 5.80. The van der Waals surface area contributed by atoms with E-state index < -0.39 is 0 Å². The van der Waals surface area contributed by atoms with E-state index in [2.05, 4.69) is 10.1 Å². The van der Waals surface area contributed by atoms with Crippen molar-refractivity contribution in [2.24, 2.45) is 0 Å². The fourth-order valence-corrected chi connectivity index (χ4v) is 1.79. The number of halogens is 1. The topological polar surface area (TPSA) is 38.3 Å². The number of rotatable bonds is 1. The molecule has 15 heavy (non-hydrogen) atoms. The zero-order chi connectivity index (χ0) is 10.8. The number of esters is 1. The molecule has 0 aliphatic carbocycles. The van der Waals surface area contributed by atoms with Gasteiger partial charge in [0.15, 0.2) is 0 Å². The Kier molecular flexibility index (Phi) is 2.58. The summed E-state index contributed by atoms with van der Waals surface area (Å²) in [6.07, 6.45) is 1.34. The molecule has 4 heteroatoms. The Balaban J connectivity index is 2.20. The number of methoxy groups -OCH3 is 1. The third kappa shape index (κ3) is 1.93. The van der Waals surface area contributed by atoms with Crippen molar-refractivity contribution in [3.8, 4) is 0 Å². The molecule has 0 radical (unpaired) electrons. The molecule has 0 saturated carbocycles. The zero-order valence-corrected chi connectivity index (χ0v) is 8.42. The van der Waals surface area contributed by atoms with Gasteiger partial charge in [0.1, 0.15) is 11.9 Å². The monoisotopic (exact) mass is 209 g/mol. The second-order valence-electron chi connectivity index (χ2n) is 3.56. The first-order valence-electron chi connectivity index (χ1n) is 4.83. The molecule has 1 aromatic rings. The summed E-state index contributed by atoms with van der Waals surface area (Å²) in [5.41, 5.74) is 1.73. The second kappa shape index (κ2) is 3.88. The highest BCUT2D eigenvalue weighted by Crippen LogP contribution is 2.25. The van der Waals surface area contributed by atoms with Crippen LogP contribution in [0.25, 0.3) is 0 Å². The van der Waals surface area contributed by atoms with Crippen molar-refractivity contribution < 1.29 is 13.9 Å². The quantitative estimate of drug-likeness (QED) is 0.716. The molecule has 1 N–H and O–H groups in total. The van der Waals surface area contributed by atoms with Crippen molar-refractivity contribution >= 4 is 11.7 Å². The van der Waals surface area contributed by atoms with Crippen LogP contribution in [0, 0.1) is 5.82 Å². The van der Waals surface area contributed by atoms with Gasteiger partial charge in [-0.25, -0.2) is 9.18 Å². The number of carbonyl (C=O) groups is 1. The first kappa shape index (κ1) is 9.96. The molecule has 1 atom stereocenters. The summed E-state index contributed by atoms with van der Waals surface area (Å²) in [7, 11) is 1.37. The lowest BCUT2D eigenvalue weighted by molar-refractivity contribution is -0.141. The minimum Gasteiger partial charge on any atom is -0.467 e. The van der Waals surface area contributed by atoms with Gasteiger partial charge in [-0.05, 0) is 36.6 Å². The molecule has 1 aromatic carbocycles. The molecular formula is C11H12FNO2. The SMILES string of the molecule is COC(=O)C1CCc2cc(F)ccc2N1. The average Bonchev–Trinajstić information content (AvgIpc) is 2.27. The van der Waals surface area contributed by atoms with Gasteiger partial charge in [0, 0.05) is 5.69 Å². The predicted molar refractivity (Wildman–Crippen MR) is 54.1 cm³/mol. The van der Waals surface area contributed by atoms with Crippen molar-refractivity contribution in [1.29, 1.82) is 0 Å². The standard InChI is InChI=1S/C11H12FNO2/c1-15-11(14)10-4-2-7-6-8(12)3-5-9(7)13-10/h3,5-6,10,13H,2,4H2,1H3. The molecule has 0 aromatic heterocycles. The molecule has 1 aliphatic rings. The van der Waals surface area contributed by atoms with E-state index in [0.29, 0.717) is 12.8 Å². The van der Waals surface area contributed by atoms with Crippen LogP contribution in [0.1, 0.15) is 12.0 Å². The zero-order valence-electron chi connectivity index (χ0n) is 8.42. The van der Waals surface area contributed by atoms with Gasteiger partial charge in [0.05, 0.1) is 7.11 Å². The average molecular weight is 209 g/mol. The Morgan fingerprint density at radius 3 is 3.13 bits per heavy atom. The minimum absolute atomic E-state index is 0.243. The summed E-state index contributed by atoms with van der Waals surface area (Å²) in [5, 5.41) is 3.03. The van der Waals surface area contributed by atoms with Gasteiger partial charge in [0.2, 0.25) is 0 Å². The van der Waals surface area contributed by atoms with Crippen LogP contribution >= 0.6 is 0 Å². The molecule has 0 saturated heterocycles. The number of hydrogen-bond acceptors (Lipinski definition) is 3. The highest BCUT2D eigenvalue weighted by Gasteiger charge is 2.24. The van der Waals surface area contributed by atoms with E-state index >= 15 is 0 Å². The van der Waals surface area contributed by atoms with E-state index in [1.54, 1.807) is 6.07 Å². The number of benzene rings is 1. The molecular weight excluding hydrogens is 197 g/mol. The molecule has 1 aliphatic heterocycles. The molecule has 0 fully saturated rings. The Hall–Kier alpha value is -1.58. The molecule has 3 nitrogen and oxygen atoms in total. The molecule has 80 valence electrons. The fourth-order valence-electron chi connectivity index (χ4n) is 1.79. The molecule has 0 bridgehead atoms.